The zero-order valence-corrected chi connectivity index (χ0v) is 9.97. The van der Waals surface area contributed by atoms with E-state index in [0.29, 0.717) is 5.56 Å². The summed E-state index contributed by atoms with van der Waals surface area (Å²) in [5, 5.41) is 9.95. The Kier molecular flexibility index (Phi) is 2.73. The average Bonchev–Trinajstić information content (AvgIpc) is 2.55. The van der Waals surface area contributed by atoms with E-state index in [9.17, 15) is 0 Å². The summed E-state index contributed by atoms with van der Waals surface area (Å²) in [6, 6.07) is 7.97. The van der Waals surface area contributed by atoms with Crippen molar-refractivity contribution in [2.45, 2.75) is 9.10 Å². The van der Waals surface area contributed by atoms with Crippen LogP contribution in [0.15, 0.2) is 27.3 Å². The smallest absolute Gasteiger partial charge is 0.0998 e. The minimum Gasteiger partial charge on any atom is -0.192 e. The van der Waals surface area contributed by atoms with Gasteiger partial charge in [-0.3, -0.25) is 0 Å². The van der Waals surface area contributed by atoms with E-state index in [1.165, 1.54) is 4.21 Å². The predicted molar refractivity (Wildman–Crippen MR) is 65.6 cm³/mol. The fourth-order valence-electron chi connectivity index (χ4n) is 1.34. The highest BCUT2D eigenvalue weighted by atomic mass is 32.2. The highest BCUT2D eigenvalue weighted by molar-refractivity contribution is 8.01. The molecule has 0 spiro atoms. The standard InChI is InChI=1S/C10H7NS3/c1-13-10-9(12)8-6(5-11)3-2-4-7(8)14-10/h2-4,12H,1H3. The quantitative estimate of drug-likeness (QED) is 0.602. The molecule has 0 fully saturated rings. The fourth-order valence-corrected chi connectivity index (χ4v) is 3.83. The van der Waals surface area contributed by atoms with Crippen molar-refractivity contribution in [3.05, 3.63) is 23.8 Å². The molecule has 0 bridgehead atoms. The first-order valence-corrected chi connectivity index (χ1v) is 6.45. The topological polar surface area (TPSA) is 23.8 Å². The lowest BCUT2D eigenvalue weighted by Gasteiger charge is -1.94. The third kappa shape index (κ3) is 1.42. The lowest BCUT2D eigenvalue weighted by Crippen LogP contribution is -1.74. The van der Waals surface area contributed by atoms with Crippen LogP contribution in [0.3, 0.4) is 0 Å². The van der Waals surface area contributed by atoms with Crippen molar-refractivity contribution in [1.29, 1.82) is 5.26 Å². The maximum absolute atomic E-state index is 8.96. The summed E-state index contributed by atoms with van der Waals surface area (Å²) >= 11 is 7.82. The van der Waals surface area contributed by atoms with Crippen LogP contribution in [0.2, 0.25) is 0 Å². The van der Waals surface area contributed by atoms with Gasteiger partial charge in [0.15, 0.2) is 0 Å². The number of rotatable bonds is 1. The molecule has 1 nitrogen and oxygen atoms in total. The van der Waals surface area contributed by atoms with E-state index in [1.807, 2.05) is 24.5 Å². The van der Waals surface area contributed by atoms with E-state index >= 15 is 0 Å². The highest BCUT2D eigenvalue weighted by Gasteiger charge is 2.11. The van der Waals surface area contributed by atoms with Gasteiger partial charge >= 0.3 is 0 Å². The Morgan fingerprint density at radius 1 is 1.50 bits per heavy atom. The number of hydrogen-bond acceptors (Lipinski definition) is 4. The van der Waals surface area contributed by atoms with Crippen LogP contribution in [0, 0.1) is 11.3 Å². The van der Waals surface area contributed by atoms with Gasteiger partial charge < -0.3 is 0 Å². The second-order valence-electron chi connectivity index (χ2n) is 2.73. The molecule has 0 aliphatic rings. The van der Waals surface area contributed by atoms with E-state index in [4.69, 9.17) is 5.26 Å². The highest BCUT2D eigenvalue weighted by Crippen LogP contribution is 2.40. The monoisotopic (exact) mass is 237 g/mol. The predicted octanol–water partition coefficient (Wildman–Crippen LogP) is 3.78. The normalized spacial score (nSPS) is 10.4. The number of benzene rings is 1. The molecular formula is C10H7NS3. The third-order valence-corrected chi connectivity index (χ3v) is 4.99. The van der Waals surface area contributed by atoms with E-state index in [-0.39, 0.29) is 0 Å². The molecule has 0 radical (unpaired) electrons. The first-order valence-electron chi connectivity index (χ1n) is 3.96. The summed E-state index contributed by atoms with van der Waals surface area (Å²) in [6.07, 6.45) is 2.02. The van der Waals surface area contributed by atoms with Gasteiger partial charge in [-0.2, -0.15) is 5.26 Å². The van der Waals surface area contributed by atoms with Gasteiger partial charge in [-0.15, -0.1) is 35.7 Å². The van der Waals surface area contributed by atoms with Gasteiger partial charge in [0.05, 0.1) is 15.8 Å². The van der Waals surface area contributed by atoms with Crippen LogP contribution in [0.4, 0.5) is 0 Å². The minimum atomic E-state index is 0.712. The summed E-state index contributed by atoms with van der Waals surface area (Å²) < 4.78 is 2.31. The third-order valence-electron chi connectivity index (χ3n) is 1.96. The molecular weight excluding hydrogens is 230 g/mol. The van der Waals surface area contributed by atoms with Crippen molar-refractivity contribution in [2.75, 3.05) is 6.26 Å². The number of nitrogens with zero attached hydrogens (tertiary/aromatic N) is 1. The Morgan fingerprint density at radius 3 is 2.93 bits per heavy atom. The number of thiophene rings is 1. The van der Waals surface area contributed by atoms with Crippen molar-refractivity contribution >= 4 is 45.8 Å². The number of fused-ring (bicyclic) bond motifs is 1. The van der Waals surface area contributed by atoms with Crippen molar-refractivity contribution in [2.24, 2.45) is 0 Å². The molecule has 70 valence electrons. The summed E-state index contributed by atoms with van der Waals surface area (Å²) in [4.78, 5) is 0.939. The summed E-state index contributed by atoms with van der Waals surface area (Å²) in [5.74, 6) is 0. The minimum absolute atomic E-state index is 0.712. The molecule has 0 N–H and O–H groups in total. The van der Waals surface area contributed by atoms with Gasteiger partial charge in [0.1, 0.15) is 0 Å². The van der Waals surface area contributed by atoms with Crippen LogP contribution >= 0.6 is 35.7 Å². The van der Waals surface area contributed by atoms with Gasteiger partial charge in [0, 0.05) is 15.0 Å². The van der Waals surface area contributed by atoms with Crippen LogP contribution in [0.5, 0.6) is 0 Å². The number of thioether (sulfide) groups is 1. The van der Waals surface area contributed by atoms with Gasteiger partial charge in [0.25, 0.3) is 0 Å². The Labute approximate surface area is 96.2 Å². The lowest BCUT2D eigenvalue weighted by atomic mass is 10.1. The van der Waals surface area contributed by atoms with Crippen LogP contribution in [-0.4, -0.2) is 6.26 Å². The second-order valence-corrected chi connectivity index (χ2v) is 5.31. The largest absolute Gasteiger partial charge is 0.192 e. The van der Waals surface area contributed by atoms with E-state index in [0.717, 1.165) is 15.0 Å². The van der Waals surface area contributed by atoms with Gasteiger partial charge in [-0.25, -0.2) is 0 Å². The van der Waals surface area contributed by atoms with Gasteiger partial charge in [-0.05, 0) is 18.4 Å². The molecule has 0 saturated heterocycles. The maximum atomic E-state index is 8.96. The molecule has 14 heavy (non-hydrogen) atoms. The van der Waals surface area contributed by atoms with Crippen molar-refractivity contribution in [3.8, 4) is 6.07 Å². The molecule has 1 aromatic carbocycles. The molecule has 0 aliphatic heterocycles. The van der Waals surface area contributed by atoms with Crippen molar-refractivity contribution in [1.82, 2.24) is 0 Å². The molecule has 2 rings (SSSR count). The Morgan fingerprint density at radius 2 is 2.29 bits per heavy atom. The molecule has 1 aromatic heterocycles. The molecule has 2 aromatic rings. The van der Waals surface area contributed by atoms with Crippen molar-refractivity contribution < 1.29 is 0 Å². The van der Waals surface area contributed by atoms with Crippen LogP contribution in [0.25, 0.3) is 10.1 Å². The SMILES string of the molecule is CSc1sc2cccc(C#N)c2c1S. The molecule has 1 heterocycles. The fraction of sp³-hybridized carbons (Fsp3) is 0.100. The number of nitriles is 1. The van der Waals surface area contributed by atoms with Crippen LogP contribution in [-0.2, 0) is 0 Å². The Hall–Kier alpha value is -0.630. The summed E-state index contributed by atoms with van der Waals surface area (Å²) in [7, 11) is 0. The van der Waals surface area contributed by atoms with E-state index in [2.05, 4.69) is 18.7 Å². The Balaban J connectivity index is 2.87. The van der Waals surface area contributed by atoms with E-state index in [1.54, 1.807) is 23.1 Å². The first kappa shape index (κ1) is 9.91. The zero-order chi connectivity index (χ0) is 10.1. The molecule has 0 atom stereocenters. The van der Waals surface area contributed by atoms with Crippen molar-refractivity contribution in [3.63, 3.8) is 0 Å². The zero-order valence-electron chi connectivity index (χ0n) is 7.44. The van der Waals surface area contributed by atoms with Gasteiger partial charge in [0.2, 0.25) is 0 Å². The first-order chi connectivity index (χ1) is 6.77. The molecule has 0 aliphatic carbocycles. The number of thiol groups is 1. The molecule has 0 unspecified atom stereocenters. The average molecular weight is 237 g/mol. The summed E-state index contributed by atoms with van der Waals surface area (Å²) in [5.41, 5.74) is 0.712. The molecule has 0 saturated carbocycles. The molecule has 4 heteroatoms. The van der Waals surface area contributed by atoms with Crippen LogP contribution in [0.1, 0.15) is 5.56 Å². The summed E-state index contributed by atoms with van der Waals surface area (Å²) in [6.45, 7) is 0. The number of hydrogen-bond donors (Lipinski definition) is 1. The van der Waals surface area contributed by atoms with Gasteiger partial charge in [-0.1, -0.05) is 6.07 Å². The molecule has 0 amide bonds. The maximum Gasteiger partial charge on any atom is 0.0998 e. The van der Waals surface area contributed by atoms with Crippen LogP contribution < -0.4 is 0 Å². The Bertz CT molecular complexity index is 522. The lowest BCUT2D eigenvalue weighted by molar-refractivity contribution is 1.44. The van der Waals surface area contributed by atoms with E-state index < -0.39 is 0 Å². The second kappa shape index (κ2) is 3.85.